The molecule has 0 bridgehead atoms. The van der Waals surface area contributed by atoms with Gasteiger partial charge in [-0.2, -0.15) is 5.26 Å². The van der Waals surface area contributed by atoms with Crippen molar-refractivity contribution in [1.29, 1.82) is 5.26 Å². The average molecular weight is 402 g/mol. The number of rotatable bonds is 10. The minimum atomic E-state index is -0.273. The molecule has 0 amide bonds. The summed E-state index contributed by atoms with van der Waals surface area (Å²) in [6.45, 7) is 4.54. The summed E-state index contributed by atoms with van der Waals surface area (Å²) in [4.78, 5) is 0. The van der Waals surface area contributed by atoms with Crippen LogP contribution in [0, 0.1) is 17.2 Å². The number of nitrogens with zero attached hydrogens (tertiary/aromatic N) is 1. The fourth-order valence-electron chi connectivity index (χ4n) is 5.11. The molecule has 0 spiro atoms. The van der Waals surface area contributed by atoms with Gasteiger partial charge in [0.1, 0.15) is 0 Å². The number of unbranched alkanes of at least 4 members (excludes halogenated alkanes) is 4. The lowest BCUT2D eigenvalue weighted by Gasteiger charge is -2.35. The van der Waals surface area contributed by atoms with Crippen molar-refractivity contribution in [3.63, 3.8) is 0 Å². The van der Waals surface area contributed by atoms with Gasteiger partial charge in [-0.15, -0.1) is 0 Å². The molecule has 1 heteroatoms. The Hall–Kier alpha value is -2.07. The van der Waals surface area contributed by atoms with E-state index >= 15 is 0 Å². The maximum Gasteiger partial charge on any atom is 0.0822 e. The summed E-state index contributed by atoms with van der Waals surface area (Å²) in [6.07, 6.45) is 14.9. The summed E-state index contributed by atoms with van der Waals surface area (Å²) in [6, 6.07) is 20.6. The Balaban J connectivity index is 1.60. The molecule has 2 aromatic carbocycles. The van der Waals surface area contributed by atoms with Crippen LogP contribution in [0.25, 0.3) is 11.1 Å². The molecule has 0 radical (unpaired) electrons. The highest BCUT2D eigenvalue weighted by atomic mass is 14.4. The second-order valence-electron chi connectivity index (χ2n) is 9.36. The molecule has 0 heterocycles. The Morgan fingerprint density at radius 2 is 1.40 bits per heavy atom. The summed E-state index contributed by atoms with van der Waals surface area (Å²) in [5.41, 5.74) is 4.91. The van der Waals surface area contributed by atoms with Crippen molar-refractivity contribution in [3.05, 3.63) is 59.7 Å². The van der Waals surface area contributed by atoms with Gasteiger partial charge in [0, 0.05) is 0 Å². The van der Waals surface area contributed by atoms with Crippen molar-refractivity contribution in [2.45, 2.75) is 96.3 Å². The van der Waals surface area contributed by atoms with Gasteiger partial charge in [0.25, 0.3) is 0 Å². The summed E-state index contributed by atoms with van der Waals surface area (Å²) >= 11 is 0. The van der Waals surface area contributed by atoms with Gasteiger partial charge in [-0.05, 0) is 66.7 Å². The van der Waals surface area contributed by atoms with Crippen LogP contribution in [0.2, 0.25) is 0 Å². The highest BCUT2D eigenvalue weighted by molar-refractivity contribution is 5.64. The summed E-state index contributed by atoms with van der Waals surface area (Å²) in [5, 5.41) is 10.00. The van der Waals surface area contributed by atoms with E-state index in [9.17, 15) is 5.26 Å². The zero-order chi connectivity index (χ0) is 21.2. The highest BCUT2D eigenvalue weighted by Crippen LogP contribution is 2.42. The molecule has 1 aliphatic rings. The van der Waals surface area contributed by atoms with Gasteiger partial charge in [-0.3, -0.25) is 0 Å². The number of hydrogen-bond donors (Lipinski definition) is 0. The minimum Gasteiger partial charge on any atom is -0.197 e. The van der Waals surface area contributed by atoms with E-state index in [1.54, 1.807) is 0 Å². The van der Waals surface area contributed by atoms with E-state index in [1.165, 1.54) is 86.5 Å². The molecular formula is C29H39N. The van der Waals surface area contributed by atoms with E-state index in [0.29, 0.717) is 0 Å². The zero-order valence-corrected chi connectivity index (χ0v) is 19.1. The lowest BCUT2D eigenvalue weighted by Crippen LogP contribution is -2.30. The highest BCUT2D eigenvalue weighted by Gasteiger charge is 2.36. The second-order valence-corrected chi connectivity index (χ2v) is 9.36. The van der Waals surface area contributed by atoms with Gasteiger partial charge in [-0.25, -0.2) is 0 Å². The van der Waals surface area contributed by atoms with Gasteiger partial charge >= 0.3 is 0 Å². The Bertz CT molecular complexity index is 786. The van der Waals surface area contributed by atoms with Gasteiger partial charge in [0.2, 0.25) is 0 Å². The van der Waals surface area contributed by atoms with Crippen molar-refractivity contribution in [3.8, 4) is 17.2 Å². The normalized spacial score (nSPS) is 21.3. The molecule has 0 N–H and O–H groups in total. The third kappa shape index (κ3) is 5.75. The van der Waals surface area contributed by atoms with E-state index < -0.39 is 0 Å². The maximum absolute atomic E-state index is 10.00. The van der Waals surface area contributed by atoms with Crippen molar-refractivity contribution in [1.82, 2.24) is 0 Å². The summed E-state index contributed by atoms with van der Waals surface area (Å²) in [5.74, 6) is 0.820. The molecule has 1 saturated carbocycles. The van der Waals surface area contributed by atoms with E-state index in [-0.39, 0.29) is 5.41 Å². The Morgan fingerprint density at radius 3 is 1.97 bits per heavy atom. The molecule has 0 atom stereocenters. The quantitative estimate of drug-likeness (QED) is 0.365. The molecule has 3 rings (SSSR count). The van der Waals surface area contributed by atoms with Gasteiger partial charge < -0.3 is 0 Å². The minimum absolute atomic E-state index is 0.273. The van der Waals surface area contributed by atoms with Crippen molar-refractivity contribution in [2.75, 3.05) is 0 Å². The molecule has 160 valence electrons. The van der Waals surface area contributed by atoms with E-state index in [1.807, 2.05) is 0 Å². The van der Waals surface area contributed by atoms with Crippen LogP contribution in [0.3, 0.4) is 0 Å². The van der Waals surface area contributed by atoms with Crippen LogP contribution in [0.15, 0.2) is 48.5 Å². The third-order valence-corrected chi connectivity index (χ3v) is 7.16. The standard InChI is InChI=1S/C29H39N/c1-3-5-6-7-8-10-25-11-13-26(14-12-25)27-15-17-28(18-16-27)29(23-30)21-19-24(9-4-2)20-22-29/h11-18,24H,3-10,19-22H2,1-2H3/t24-,29+. The lowest BCUT2D eigenvalue weighted by molar-refractivity contribution is 0.265. The number of aryl methyl sites for hydroxylation is 1. The second kappa shape index (κ2) is 11.4. The number of benzene rings is 2. The smallest absolute Gasteiger partial charge is 0.0822 e. The van der Waals surface area contributed by atoms with Crippen LogP contribution < -0.4 is 0 Å². The molecule has 1 nitrogen and oxygen atoms in total. The predicted octanol–water partition coefficient (Wildman–Crippen LogP) is 8.62. The zero-order valence-electron chi connectivity index (χ0n) is 19.1. The molecule has 0 aromatic heterocycles. The SMILES string of the molecule is CCCCCCCc1ccc(-c2ccc([C@]3(C#N)CC[C@H](CCC)CC3)cc2)cc1. The molecular weight excluding hydrogens is 362 g/mol. The molecule has 30 heavy (non-hydrogen) atoms. The van der Waals surface area contributed by atoms with Gasteiger partial charge in [-0.1, -0.05) is 101 Å². The molecule has 0 saturated heterocycles. The molecule has 1 aliphatic carbocycles. The van der Waals surface area contributed by atoms with Crippen molar-refractivity contribution >= 4 is 0 Å². The fourth-order valence-corrected chi connectivity index (χ4v) is 5.11. The Kier molecular flexibility index (Phi) is 8.56. The maximum atomic E-state index is 10.00. The van der Waals surface area contributed by atoms with Gasteiger partial charge in [0.15, 0.2) is 0 Å². The molecule has 0 aliphatic heterocycles. The van der Waals surface area contributed by atoms with Crippen LogP contribution >= 0.6 is 0 Å². The third-order valence-electron chi connectivity index (χ3n) is 7.16. The van der Waals surface area contributed by atoms with Crippen molar-refractivity contribution in [2.24, 2.45) is 5.92 Å². The largest absolute Gasteiger partial charge is 0.197 e. The van der Waals surface area contributed by atoms with E-state index in [2.05, 4.69) is 68.4 Å². The monoisotopic (exact) mass is 401 g/mol. The Labute approximate surface area is 184 Å². The van der Waals surface area contributed by atoms with Crippen LogP contribution in [-0.4, -0.2) is 0 Å². The summed E-state index contributed by atoms with van der Waals surface area (Å²) in [7, 11) is 0. The van der Waals surface area contributed by atoms with Crippen molar-refractivity contribution < 1.29 is 0 Å². The first-order valence-corrected chi connectivity index (χ1v) is 12.3. The molecule has 1 fully saturated rings. The van der Waals surface area contributed by atoms with Gasteiger partial charge in [0.05, 0.1) is 11.5 Å². The first-order chi connectivity index (χ1) is 14.7. The first-order valence-electron chi connectivity index (χ1n) is 12.3. The lowest BCUT2D eigenvalue weighted by atomic mass is 9.67. The Morgan fingerprint density at radius 1 is 0.800 bits per heavy atom. The van der Waals surface area contributed by atoms with Crippen LogP contribution in [0.4, 0.5) is 0 Å². The van der Waals surface area contributed by atoms with E-state index in [0.717, 1.165) is 18.8 Å². The number of hydrogen-bond acceptors (Lipinski definition) is 1. The van der Waals surface area contributed by atoms with E-state index in [4.69, 9.17) is 0 Å². The average Bonchev–Trinajstić information content (AvgIpc) is 2.80. The molecule has 0 unspecified atom stereocenters. The van der Waals surface area contributed by atoms with Crippen LogP contribution in [-0.2, 0) is 11.8 Å². The predicted molar refractivity (Wildman–Crippen MR) is 128 cm³/mol. The van der Waals surface area contributed by atoms with Crippen LogP contribution in [0.1, 0.15) is 95.6 Å². The topological polar surface area (TPSA) is 23.8 Å². The molecule has 2 aromatic rings. The number of nitriles is 1. The first kappa shape index (κ1) is 22.6. The summed E-state index contributed by atoms with van der Waals surface area (Å²) < 4.78 is 0. The fraction of sp³-hybridized carbons (Fsp3) is 0.552. The van der Waals surface area contributed by atoms with Crippen LogP contribution in [0.5, 0.6) is 0 Å².